The Balaban J connectivity index is 2.09. The van der Waals surface area contributed by atoms with Crippen LogP contribution in [0.5, 0.6) is 0 Å². The van der Waals surface area contributed by atoms with Gasteiger partial charge in [-0.25, -0.2) is 9.97 Å². The van der Waals surface area contributed by atoms with Crippen LogP contribution in [0.3, 0.4) is 0 Å². The second-order valence-electron chi connectivity index (χ2n) is 6.29. The molecule has 1 atom stereocenters. The molecule has 2 rings (SSSR count). The molecule has 116 valence electrons. The smallest absolute Gasteiger partial charge is 0.274 e. The van der Waals surface area contributed by atoms with Gasteiger partial charge in [-0.2, -0.15) is 0 Å². The quantitative estimate of drug-likeness (QED) is 0.902. The van der Waals surface area contributed by atoms with Gasteiger partial charge < -0.3 is 15.5 Å². The lowest BCUT2D eigenvalue weighted by Gasteiger charge is -2.21. The molecule has 6 heteroatoms. The van der Waals surface area contributed by atoms with Crippen molar-refractivity contribution in [2.24, 2.45) is 5.92 Å². The molecule has 0 saturated carbocycles. The van der Waals surface area contributed by atoms with Crippen molar-refractivity contribution in [2.45, 2.75) is 26.2 Å². The van der Waals surface area contributed by atoms with E-state index in [1.165, 1.54) is 6.20 Å². The Labute approximate surface area is 126 Å². The van der Waals surface area contributed by atoms with Gasteiger partial charge in [0.2, 0.25) is 0 Å². The predicted octanol–water partition coefficient (Wildman–Crippen LogP) is 1.21. The van der Waals surface area contributed by atoms with Gasteiger partial charge in [0.25, 0.3) is 5.91 Å². The van der Waals surface area contributed by atoms with Crippen LogP contribution in [0.15, 0.2) is 6.20 Å². The summed E-state index contributed by atoms with van der Waals surface area (Å²) in [5.74, 6) is 1.23. The molecule has 2 N–H and O–H groups in total. The molecule has 1 aromatic rings. The van der Waals surface area contributed by atoms with Crippen LogP contribution in [0.2, 0.25) is 0 Å². The van der Waals surface area contributed by atoms with Crippen LogP contribution in [0.25, 0.3) is 0 Å². The minimum absolute atomic E-state index is 0.119. The van der Waals surface area contributed by atoms with E-state index in [2.05, 4.69) is 21.9 Å². The van der Waals surface area contributed by atoms with Crippen molar-refractivity contribution in [3.63, 3.8) is 0 Å². The van der Waals surface area contributed by atoms with Crippen LogP contribution in [-0.4, -0.2) is 59.4 Å². The molecule has 1 amide bonds. The van der Waals surface area contributed by atoms with Gasteiger partial charge in [0.05, 0.1) is 11.9 Å². The average molecular weight is 291 g/mol. The Morgan fingerprint density at radius 1 is 1.57 bits per heavy atom. The number of nitrogens with two attached hydrogens (primary N) is 1. The first kappa shape index (κ1) is 15.7. The zero-order valence-corrected chi connectivity index (χ0v) is 13.3. The third kappa shape index (κ3) is 3.69. The second-order valence-corrected chi connectivity index (χ2v) is 6.29. The first-order valence-electron chi connectivity index (χ1n) is 7.45. The number of nitrogen functional groups attached to an aromatic ring is 1. The Hall–Kier alpha value is -1.69. The molecular formula is C15H25N5O. The zero-order chi connectivity index (χ0) is 15.6. The maximum absolute atomic E-state index is 12.6. The van der Waals surface area contributed by atoms with E-state index < -0.39 is 0 Å². The second kappa shape index (κ2) is 6.39. The van der Waals surface area contributed by atoms with E-state index in [1.54, 1.807) is 4.90 Å². The molecule has 1 aliphatic heterocycles. The van der Waals surface area contributed by atoms with Crippen molar-refractivity contribution in [1.82, 2.24) is 19.8 Å². The van der Waals surface area contributed by atoms with E-state index in [9.17, 15) is 4.79 Å². The Kier molecular flexibility index (Phi) is 4.77. The van der Waals surface area contributed by atoms with Crippen LogP contribution in [0, 0.1) is 5.92 Å². The third-order valence-corrected chi connectivity index (χ3v) is 3.92. The topological polar surface area (TPSA) is 75.3 Å². The number of hydrogen-bond donors (Lipinski definition) is 1. The molecule has 1 aliphatic rings. The maximum atomic E-state index is 12.6. The van der Waals surface area contributed by atoms with Gasteiger partial charge >= 0.3 is 0 Å². The van der Waals surface area contributed by atoms with Crippen LogP contribution >= 0.6 is 0 Å². The SMILES string of the molecule is CC(C)c1ncc(N)c(C(=O)N(C)CC2CCN(C)C2)n1. The lowest BCUT2D eigenvalue weighted by molar-refractivity contribution is 0.0769. The number of likely N-dealkylation sites (tertiary alicyclic amines) is 1. The summed E-state index contributed by atoms with van der Waals surface area (Å²) in [7, 11) is 3.93. The monoisotopic (exact) mass is 291 g/mol. The van der Waals surface area contributed by atoms with E-state index in [1.807, 2.05) is 20.9 Å². The summed E-state index contributed by atoms with van der Waals surface area (Å²) in [5.41, 5.74) is 6.55. The number of carbonyl (C=O) groups excluding carboxylic acids is 1. The van der Waals surface area contributed by atoms with E-state index in [4.69, 9.17) is 5.73 Å². The molecule has 0 aliphatic carbocycles. The molecule has 0 radical (unpaired) electrons. The van der Waals surface area contributed by atoms with Gasteiger partial charge in [-0.1, -0.05) is 13.8 Å². The minimum atomic E-state index is -0.119. The number of nitrogens with zero attached hydrogens (tertiary/aromatic N) is 4. The fourth-order valence-electron chi connectivity index (χ4n) is 2.68. The molecule has 21 heavy (non-hydrogen) atoms. The Bertz CT molecular complexity index is 517. The van der Waals surface area contributed by atoms with Gasteiger partial charge in [0.15, 0.2) is 5.69 Å². The van der Waals surface area contributed by atoms with E-state index in [0.717, 1.165) is 26.1 Å². The van der Waals surface area contributed by atoms with Crippen molar-refractivity contribution in [1.29, 1.82) is 0 Å². The largest absolute Gasteiger partial charge is 0.396 e. The van der Waals surface area contributed by atoms with E-state index in [-0.39, 0.29) is 11.8 Å². The standard InChI is InChI=1S/C15H25N5O/c1-10(2)14-17-7-12(16)13(18-14)15(21)20(4)9-11-5-6-19(3)8-11/h7,10-11H,5-6,8-9,16H2,1-4H3. The summed E-state index contributed by atoms with van der Waals surface area (Å²) >= 11 is 0. The minimum Gasteiger partial charge on any atom is -0.396 e. The highest BCUT2D eigenvalue weighted by molar-refractivity contribution is 5.96. The highest BCUT2D eigenvalue weighted by atomic mass is 16.2. The first-order valence-corrected chi connectivity index (χ1v) is 7.45. The molecule has 0 bridgehead atoms. The van der Waals surface area contributed by atoms with Gasteiger partial charge in [-0.05, 0) is 25.9 Å². The summed E-state index contributed by atoms with van der Waals surface area (Å²) in [5, 5.41) is 0. The van der Waals surface area contributed by atoms with Crippen molar-refractivity contribution >= 4 is 11.6 Å². The maximum Gasteiger partial charge on any atom is 0.274 e. The Morgan fingerprint density at radius 2 is 2.29 bits per heavy atom. The number of amides is 1. The Morgan fingerprint density at radius 3 is 2.86 bits per heavy atom. The summed E-state index contributed by atoms with van der Waals surface area (Å²) in [6.07, 6.45) is 2.66. The fourth-order valence-corrected chi connectivity index (χ4v) is 2.68. The van der Waals surface area contributed by atoms with Crippen LogP contribution < -0.4 is 5.73 Å². The summed E-state index contributed by atoms with van der Waals surface area (Å²) in [6.45, 7) is 6.87. The summed E-state index contributed by atoms with van der Waals surface area (Å²) in [6, 6.07) is 0. The molecule has 6 nitrogen and oxygen atoms in total. The molecule has 1 aromatic heterocycles. The van der Waals surface area contributed by atoms with Gasteiger partial charge in [0.1, 0.15) is 5.82 Å². The molecule has 0 aromatic carbocycles. The molecular weight excluding hydrogens is 266 g/mol. The highest BCUT2D eigenvalue weighted by Crippen LogP contribution is 2.18. The molecule has 1 saturated heterocycles. The van der Waals surface area contributed by atoms with E-state index >= 15 is 0 Å². The fraction of sp³-hybridized carbons (Fsp3) is 0.667. The van der Waals surface area contributed by atoms with Crippen LogP contribution in [0.4, 0.5) is 5.69 Å². The van der Waals surface area contributed by atoms with Gasteiger partial charge in [-0.15, -0.1) is 0 Å². The van der Waals surface area contributed by atoms with Crippen molar-refractivity contribution in [3.05, 3.63) is 17.7 Å². The highest BCUT2D eigenvalue weighted by Gasteiger charge is 2.25. The van der Waals surface area contributed by atoms with Crippen LogP contribution in [-0.2, 0) is 0 Å². The number of anilines is 1. The number of aromatic nitrogens is 2. The number of hydrogen-bond acceptors (Lipinski definition) is 5. The lowest BCUT2D eigenvalue weighted by Crippen LogP contribution is -2.34. The first-order chi connectivity index (χ1) is 9.88. The summed E-state index contributed by atoms with van der Waals surface area (Å²) in [4.78, 5) is 25.1. The molecule has 0 spiro atoms. The van der Waals surface area contributed by atoms with E-state index in [0.29, 0.717) is 23.1 Å². The van der Waals surface area contributed by atoms with Crippen molar-refractivity contribution < 1.29 is 4.79 Å². The number of rotatable bonds is 4. The summed E-state index contributed by atoms with van der Waals surface area (Å²) < 4.78 is 0. The normalized spacial score (nSPS) is 19.2. The molecule has 1 unspecified atom stereocenters. The van der Waals surface area contributed by atoms with Crippen LogP contribution in [0.1, 0.15) is 42.5 Å². The van der Waals surface area contributed by atoms with Gasteiger partial charge in [0, 0.05) is 26.1 Å². The number of carbonyl (C=O) groups is 1. The average Bonchev–Trinajstić information content (AvgIpc) is 2.83. The van der Waals surface area contributed by atoms with Gasteiger partial charge in [-0.3, -0.25) is 4.79 Å². The lowest BCUT2D eigenvalue weighted by atomic mass is 10.1. The van der Waals surface area contributed by atoms with Crippen molar-refractivity contribution in [2.75, 3.05) is 39.5 Å². The van der Waals surface area contributed by atoms with Crippen molar-refractivity contribution in [3.8, 4) is 0 Å². The predicted molar refractivity (Wildman–Crippen MR) is 83.1 cm³/mol. The molecule has 1 fully saturated rings. The molecule has 2 heterocycles. The zero-order valence-electron chi connectivity index (χ0n) is 13.3. The third-order valence-electron chi connectivity index (χ3n) is 3.92.